The Morgan fingerprint density at radius 2 is 1.92 bits per heavy atom. The van der Waals surface area contributed by atoms with Crippen molar-refractivity contribution < 1.29 is 24.0 Å². The van der Waals surface area contributed by atoms with Gasteiger partial charge in [0.2, 0.25) is 5.91 Å². The fourth-order valence-corrected chi connectivity index (χ4v) is 3.14. The second-order valence-electron chi connectivity index (χ2n) is 5.18. The van der Waals surface area contributed by atoms with Gasteiger partial charge in [-0.25, -0.2) is 0 Å². The molecule has 0 bridgehead atoms. The molecule has 0 aliphatic rings. The van der Waals surface area contributed by atoms with Gasteiger partial charge in [-0.05, 0) is 30.0 Å². The highest BCUT2D eigenvalue weighted by molar-refractivity contribution is 7.15. The largest absolute Gasteiger partial charge is 0.497 e. The molecule has 26 heavy (non-hydrogen) atoms. The lowest BCUT2D eigenvalue weighted by atomic mass is 10.2. The third-order valence-electron chi connectivity index (χ3n) is 3.47. The minimum atomic E-state index is -0.670. The summed E-state index contributed by atoms with van der Waals surface area (Å²) in [5.41, 5.74) is 0.562. The predicted octanol–water partition coefficient (Wildman–Crippen LogP) is 3.15. The van der Waals surface area contributed by atoms with E-state index in [1.165, 1.54) is 16.3 Å². The second kappa shape index (κ2) is 8.95. The molecular formula is C17H18N2O6S. The van der Waals surface area contributed by atoms with Gasteiger partial charge in [-0.15, -0.1) is 11.3 Å². The molecular weight excluding hydrogens is 360 g/mol. The first-order valence-electron chi connectivity index (χ1n) is 7.77. The van der Waals surface area contributed by atoms with Crippen molar-refractivity contribution in [1.82, 2.24) is 0 Å². The van der Waals surface area contributed by atoms with E-state index in [1.807, 2.05) is 0 Å². The molecule has 1 heterocycles. The standard InChI is InChI=1S/C17H18N2O6S/c1-3-25-16(21)10-15(20)18(17-14(19(22)23)8-9-26-17)11-12-4-6-13(24-2)7-5-12/h4-9H,3,10-11H2,1-2H3. The number of benzene rings is 1. The number of nitro groups is 1. The monoisotopic (exact) mass is 378 g/mol. The highest BCUT2D eigenvalue weighted by atomic mass is 32.1. The van der Waals surface area contributed by atoms with Crippen molar-refractivity contribution >= 4 is 33.9 Å². The molecule has 0 aliphatic carbocycles. The normalized spacial score (nSPS) is 10.2. The van der Waals surface area contributed by atoms with E-state index in [4.69, 9.17) is 9.47 Å². The zero-order chi connectivity index (χ0) is 19.1. The van der Waals surface area contributed by atoms with Crippen molar-refractivity contribution in [2.75, 3.05) is 18.6 Å². The van der Waals surface area contributed by atoms with E-state index in [2.05, 4.69) is 0 Å². The van der Waals surface area contributed by atoms with E-state index in [-0.39, 0.29) is 23.8 Å². The molecule has 8 nitrogen and oxygen atoms in total. The van der Waals surface area contributed by atoms with E-state index in [0.29, 0.717) is 5.75 Å². The second-order valence-corrected chi connectivity index (χ2v) is 6.07. The van der Waals surface area contributed by atoms with Crippen LogP contribution in [0.3, 0.4) is 0 Å². The lowest BCUT2D eigenvalue weighted by Crippen LogP contribution is -2.32. The van der Waals surface area contributed by atoms with Crippen molar-refractivity contribution in [3.05, 3.63) is 51.4 Å². The van der Waals surface area contributed by atoms with Gasteiger partial charge >= 0.3 is 11.7 Å². The molecule has 0 N–H and O–H groups in total. The molecule has 2 aromatic rings. The number of anilines is 1. The molecule has 2 rings (SSSR count). The first-order chi connectivity index (χ1) is 12.5. The van der Waals surface area contributed by atoms with Gasteiger partial charge in [-0.1, -0.05) is 12.1 Å². The quantitative estimate of drug-likeness (QED) is 0.303. The van der Waals surface area contributed by atoms with Crippen LogP contribution in [0, 0.1) is 10.1 Å². The third kappa shape index (κ3) is 4.79. The van der Waals surface area contributed by atoms with Gasteiger partial charge in [0.1, 0.15) is 12.2 Å². The molecule has 0 radical (unpaired) electrons. The average Bonchev–Trinajstić information content (AvgIpc) is 3.10. The zero-order valence-electron chi connectivity index (χ0n) is 14.3. The first-order valence-corrected chi connectivity index (χ1v) is 8.65. The molecule has 0 aliphatic heterocycles. The van der Waals surface area contributed by atoms with E-state index in [1.54, 1.807) is 38.3 Å². The molecule has 0 unspecified atom stereocenters. The lowest BCUT2D eigenvalue weighted by Gasteiger charge is -2.20. The van der Waals surface area contributed by atoms with Gasteiger partial charge in [0.15, 0.2) is 5.00 Å². The fraction of sp³-hybridized carbons (Fsp3) is 0.294. The maximum Gasteiger partial charge on any atom is 0.315 e. The van der Waals surface area contributed by atoms with Crippen molar-refractivity contribution in [2.45, 2.75) is 19.9 Å². The first kappa shape index (κ1) is 19.4. The smallest absolute Gasteiger partial charge is 0.315 e. The van der Waals surface area contributed by atoms with Gasteiger partial charge in [0.05, 0.1) is 25.2 Å². The number of nitrogens with zero attached hydrogens (tertiary/aromatic N) is 2. The van der Waals surface area contributed by atoms with Gasteiger partial charge in [0.25, 0.3) is 0 Å². The number of esters is 1. The van der Waals surface area contributed by atoms with Crippen LogP contribution in [0.1, 0.15) is 18.9 Å². The Bertz CT molecular complexity index is 787. The van der Waals surface area contributed by atoms with Gasteiger partial charge in [-0.2, -0.15) is 0 Å². The Balaban J connectivity index is 2.31. The number of amides is 1. The van der Waals surface area contributed by atoms with Crippen LogP contribution in [0.5, 0.6) is 5.75 Å². The average molecular weight is 378 g/mol. The van der Waals surface area contributed by atoms with Crippen LogP contribution in [0.15, 0.2) is 35.7 Å². The van der Waals surface area contributed by atoms with Crippen LogP contribution in [0.25, 0.3) is 0 Å². The summed E-state index contributed by atoms with van der Waals surface area (Å²) in [5, 5.41) is 13.0. The predicted molar refractivity (Wildman–Crippen MR) is 96.4 cm³/mol. The molecule has 0 saturated heterocycles. The van der Waals surface area contributed by atoms with Crippen molar-refractivity contribution in [2.24, 2.45) is 0 Å². The van der Waals surface area contributed by atoms with Gasteiger partial charge in [-0.3, -0.25) is 24.6 Å². The number of rotatable bonds is 8. The molecule has 1 aromatic heterocycles. The number of hydrogen-bond donors (Lipinski definition) is 0. The van der Waals surface area contributed by atoms with E-state index >= 15 is 0 Å². The third-order valence-corrected chi connectivity index (χ3v) is 4.39. The van der Waals surface area contributed by atoms with E-state index in [9.17, 15) is 19.7 Å². The SMILES string of the molecule is CCOC(=O)CC(=O)N(Cc1ccc(OC)cc1)c1sccc1[N+](=O)[O-]. The summed E-state index contributed by atoms with van der Waals surface area (Å²) in [6, 6.07) is 8.29. The topological polar surface area (TPSA) is 99.0 Å². The lowest BCUT2D eigenvalue weighted by molar-refractivity contribution is -0.383. The van der Waals surface area contributed by atoms with Crippen LogP contribution in [-0.4, -0.2) is 30.5 Å². The Kier molecular flexibility index (Phi) is 6.67. The maximum atomic E-state index is 12.6. The summed E-state index contributed by atoms with van der Waals surface area (Å²) in [6.07, 6.45) is -0.487. The number of hydrogen-bond acceptors (Lipinski definition) is 7. The maximum absolute atomic E-state index is 12.6. The summed E-state index contributed by atoms with van der Waals surface area (Å²) in [7, 11) is 1.54. The van der Waals surface area contributed by atoms with Crippen molar-refractivity contribution in [3.63, 3.8) is 0 Å². The summed E-state index contributed by atoms with van der Waals surface area (Å²) in [4.78, 5) is 36.2. The molecule has 0 saturated carbocycles. The number of carbonyl (C=O) groups is 2. The Labute approximate surface area is 154 Å². The minimum Gasteiger partial charge on any atom is -0.497 e. The molecule has 0 atom stereocenters. The van der Waals surface area contributed by atoms with E-state index in [0.717, 1.165) is 16.9 Å². The van der Waals surface area contributed by atoms with Crippen LogP contribution in [-0.2, 0) is 20.9 Å². The summed E-state index contributed by atoms with van der Waals surface area (Å²) in [6.45, 7) is 1.88. The summed E-state index contributed by atoms with van der Waals surface area (Å²) >= 11 is 1.07. The highest BCUT2D eigenvalue weighted by Crippen LogP contribution is 2.35. The Hall–Kier alpha value is -2.94. The molecule has 0 fully saturated rings. The van der Waals surface area contributed by atoms with Crippen LogP contribution >= 0.6 is 11.3 Å². The van der Waals surface area contributed by atoms with E-state index < -0.39 is 23.2 Å². The van der Waals surface area contributed by atoms with Crippen LogP contribution in [0.4, 0.5) is 10.7 Å². The Morgan fingerprint density at radius 3 is 2.50 bits per heavy atom. The number of thiophene rings is 1. The highest BCUT2D eigenvalue weighted by Gasteiger charge is 2.27. The summed E-state index contributed by atoms with van der Waals surface area (Å²) < 4.78 is 9.90. The summed E-state index contributed by atoms with van der Waals surface area (Å²) in [5.74, 6) is -0.582. The van der Waals surface area contributed by atoms with Gasteiger partial charge in [0, 0.05) is 6.07 Å². The number of carbonyl (C=O) groups excluding carboxylic acids is 2. The molecule has 9 heteroatoms. The minimum absolute atomic E-state index is 0.0869. The molecule has 138 valence electrons. The molecule has 1 aromatic carbocycles. The number of ether oxygens (including phenoxy) is 2. The molecule has 0 spiro atoms. The number of methoxy groups -OCH3 is 1. The van der Waals surface area contributed by atoms with Crippen molar-refractivity contribution in [3.8, 4) is 5.75 Å². The molecule has 1 amide bonds. The van der Waals surface area contributed by atoms with Gasteiger partial charge < -0.3 is 9.47 Å². The van der Waals surface area contributed by atoms with Crippen LogP contribution < -0.4 is 9.64 Å². The van der Waals surface area contributed by atoms with Crippen molar-refractivity contribution in [1.29, 1.82) is 0 Å². The Morgan fingerprint density at radius 1 is 1.23 bits per heavy atom. The van der Waals surface area contributed by atoms with Crippen LogP contribution in [0.2, 0.25) is 0 Å². The zero-order valence-corrected chi connectivity index (χ0v) is 15.2. The fourth-order valence-electron chi connectivity index (χ4n) is 2.25.